The van der Waals surface area contributed by atoms with Crippen LogP contribution in [-0.4, -0.2) is 64.4 Å². The van der Waals surface area contributed by atoms with Gasteiger partial charge in [0.2, 0.25) is 17.7 Å². The smallest absolute Gasteiger partial charge is 0.326 e. The standard InChI is InChI=1S/C25H38N4O5/c1-5-16(4)21(23(31)27-20(15(2)3)25(33)34)28-22(30)19-12-9-13-29(19)24(32)18(26)14-17-10-7-6-8-11-17/h6-8,10-11,15-16,18-21H,5,9,12-14,26H2,1-4H3,(H,27,31)(H,28,30)(H,33,34). The number of carboxylic acid groups (broad SMARTS) is 1. The first-order valence-corrected chi connectivity index (χ1v) is 12.0. The van der Waals surface area contributed by atoms with Crippen LogP contribution in [0.15, 0.2) is 30.3 Å². The zero-order valence-corrected chi connectivity index (χ0v) is 20.5. The molecule has 5 N–H and O–H groups in total. The van der Waals surface area contributed by atoms with Gasteiger partial charge in [-0.3, -0.25) is 14.4 Å². The van der Waals surface area contributed by atoms with E-state index in [4.69, 9.17) is 5.73 Å². The molecule has 3 amide bonds. The van der Waals surface area contributed by atoms with Crippen molar-refractivity contribution in [3.8, 4) is 0 Å². The SMILES string of the molecule is CCC(C)C(NC(=O)C1CCCN1C(=O)C(N)Cc1ccccc1)C(=O)NC(C(=O)O)C(C)C. The van der Waals surface area contributed by atoms with E-state index in [0.29, 0.717) is 32.2 Å². The van der Waals surface area contributed by atoms with Gasteiger partial charge < -0.3 is 26.4 Å². The maximum absolute atomic E-state index is 13.2. The van der Waals surface area contributed by atoms with Crippen LogP contribution in [0.1, 0.15) is 52.5 Å². The molecule has 9 nitrogen and oxygen atoms in total. The minimum Gasteiger partial charge on any atom is -0.480 e. The Hall–Kier alpha value is -2.94. The Morgan fingerprint density at radius 3 is 2.29 bits per heavy atom. The second-order valence-corrected chi connectivity index (χ2v) is 9.43. The second kappa shape index (κ2) is 12.5. The lowest BCUT2D eigenvalue weighted by Gasteiger charge is -2.30. The van der Waals surface area contributed by atoms with Gasteiger partial charge in [-0.2, -0.15) is 0 Å². The Bertz CT molecular complexity index is 860. The summed E-state index contributed by atoms with van der Waals surface area (Å²) in [6, 6.07) is 6.00. The van der Waals surface area contributed by atoms with Gasteiger partial charge in [-0.1, -0.05) is 64.4 Å². The first-order valence-electron chi connectivity index (χ1n) is 12.0. The number of hydrogen-bond donors (Lipinski definition) is 4. The molecule has 1 fully saturated rings. The number of nitrogens with zero attached hydrogens (tertiary/aromatic N) is 1. The molecule has 188 valence electrons. The van der Waals surface area contributed by atoms with Crippen molar-refractivity contribution in [2.45, 2.75) is 77.5 Å². The summed E-state index contributed by atoms with van der Waals surface area (Å²) >= 11 is 0. The number of carbonyl (C=O) groups excluding carboxylic acids is 3. The molecule has 5 atom stereocenters. The van der Waals surface area contributed by atoms with Gasteiger partial charge in [-0.05, 0) is 36.7 Å². The maximum atomic E-state index is 13.2. The summed E-state index contributed by atoms with van der Waals surface area (Å²) in [4.78, 5) is 52.2. The summed E-state index contributed by atoms with van der Waals surface area (Å²) in [7, 11) is 0. The number of benzene rings is 1. The fourth-order valence-electron chi connectivity index (χ4n) is 4.18. The van der Waals surface area contributed by atoms with E-state index in [0.717, 1.165) is 5.56 Å². The van der Waals surface area contributed by atoms with Crippen LogP contribution in [-0.2, 0) is 25.6 Å². The number of carboxylic acids is 1. The Morgan fingerprint density at radius 2 is 1.74 bits per heavy atom. The molecule has 1 aliphatic rings. The third kappa shape index (κ3) is 7.03. The number of nitrogens with two attached hydrogens (primary N) is 1. The molecule has 9 heteroatoms. The highest BCUT2D eigenvalue weighted by Crippen LogP contribution is 2.20. The summed E-state index contributed by atoms with van der Waals surface area (Å²) < 4.78 is 0. The minimum absolute atomic E-state index is 0.226. The molecule has 1 aromatic carbocycles. The van der Waals surface area contributed by atoms with Crippen molar-refractivity contribution in [1.29, 1.82) is 0 Å². The molecule has 0 saturated carbocycles. The Balaban J connectivity index is 2.10. The Kier molecular flexibility index (Phi) is 10.0. The summed E-state index contributed by atoms with van der Waals surface area (Å²) in [5.74, 6) is -2.93. The molecule has 2 rings (SSSR count). The largest absolute Gasteiger partial charge is 0.480 e. The van der Waals surface area contributed by atoms with Crippen molar-refractivity contribution in [1.82, 2.24) is 15.5 Å². The average molecular weight is 475 g/mol. The predicted molar refractivity (Wildman–Crippen MR) is 129 cm³/mol. The molecular formula is C25H38N4O5. The molecule has 0 aliphatic carbocycles. The number of aliphatic carboxylic acids is 1. The van der Waals surface area contributed by atoms with Crippen LogP contribution in [0.3, 0.4) is 0 Å². The number of likely N-dealkylation sites (tertiary alicyclic amines) is 1. The lowest BCUT2D eigenvalue weighted by Crippen LogP contribution is -2.58. The van der Waals surface area contributed by atoms with Crippen LogP contribution >= 0.6 is 0 Å². The third-order valence-electron chi connectivity index (χ3n) is 6.48. The molecule has 1 aliphatic heterocycles. The molecule has 0 aromatic heterocycles. The van der Waals surface area contributed by atoms with Gasteiger partial charge in [0.05, 0.1) is 6.04 Å². The van der Waals surface area contributed by atoms with Crippen molar-refractivity contribution < 1.29 is 24.3 Å². The van der Waals surface area contributed by atoms with Crippen molar-refractivity contribution in [3.63, 3.8) is 0 Å². The van der Waals surface area contributed by atoms with Crippen molar-refractivity contribution in [2.24, 2.45) is 17.6 Å². The normalized spacial score (nSPS) is 19.2. The summed E-state index contributed by atoms with van der Waals surface area (Å²) in [6.07, 6.45) is 2.12. The first-order chi connectivity index (χ1) is 16.1. The average Bonchev–Trinajstić information content (AvgIpc) is 3.29. The van der Waals surface area contributed by atoms with Crippen LogP contribution in [0, 0.1) is 11.8 Å². The second-order valence-electron chi connectivity index (χ2n) is 9.43. The van der Waals surface area contributed by atoms with Gasteiger partial charge in [0.1, 0.15) is 18.1 Å². The summed E-state index contributed by atoms with van der Waals surface area (Å²) in [6.45, 7) is 7.55. The van der Waals surface area contributed by atoms with E-state index in [9.17, 15) is 24.3 Å². The Labute approximate surface area is 201 Å². The zero-order chi connectivity index (χ0) is 25.4. The minimum atomic E-state index is -1.13. The highest BCUT2D eigenvalue weighted by atomic mass is 16.4. The van der Waals surface area contributed by atoms with Gasteiger partial charge in [0.25, 0.3) is 0 Å². The van der Waals surface area contributed by atoms with Gasteiger partial charge in [-0.15, -0.1) is 0 Å². The molecule has 1 heterocycles. The van der Waals surface area contributed by atoms with Crippen LogP contribution in [0.2, 0.25) is 0 Å². The monoisotopic (exact) mass is 474 g/mol. The first kappa shape index (κ1) is 27.3. The van der Waals surface area contributed by atoms with Crippen LogP contribution in [0.4, 0.5) is 0 Å². The van der Waals surface area contributed by atoms with E-state index < -0.39 is 42.0 Å². The summed E-state index contributed by atoms with van der Waals surface area (Å²) in [5.41, 5.74) is 7.12. The van der Waals surface area contributed by atoms with Crippen molar-refractivity contribution >= 4 is 23.7 Å². The van der Waals surface area contributed by atoms with Gasteiger partial charge in [0, 0.05) is 6.54 Å². The van der Waals surface area contributed by atoms with Crippen molar-refractivity contribution in [2.75, 3.05) is 6.54 Å². The third-order valence-corrected chi connectivity index (χ3v) is 6.48. The number of nitrogens with one attached hydrogen (secondary N) is 2. The van der Waals surface area contributed by atoms with E-state index in [1.165, 1.54) is 4.90 Å². The molecule has 1 aromatic rings. The topological polar surface area (TPSA) is 142 Å². The maximum Gasteiger partial charge on any atom is 0.326 e. The highest BCUT2D eigenvalue weighted by molar-refractivity contribution is 5.94. The molecule has 1 saturated heterocycles. The van der Waals surface area contributed by atoms with Gasteiger partial charge >= 0.3 is 5.97 Å². The van der Waals surface area contributed by atoms with Crippen LogP contribution < -0.4 is 16.4 Å². The number of carbonyl (C=O) groups is 4. The fraction of sp³-hybridized carbons (Fsp3) is 0.600. The van der Waals surface area contributed by atoms with E-state index in [1.54, 1.807) is 13.8 Å². The lowest BCUT2D eigenvalue weighted by atomic mass is 9.96. The predicted octanol–water partition coefficient (Wildman–Crippen LogP) is 1.30. The highest BCUT2D eigenvalue weighted by Gasteiger charge is 2.39. The van der Waals surface area contributed by atoms with Crippen LogP contribution in [0.5, 0.6) is 0 Å². The quantitative estimate of drug-likeness (QED) is 0.381. The van der Waals surface area contributed by atoms with E-state index >= 15 is 0 Å². The molecular weight excluding hydrogens is 436 g/mol. The van der Waals surface area contributed by atoms with E-state index in [-0.39, 0.29) is 17.7 Å². The van der Waals surface area contributed by atoms with Gasteiger partial charge in [-0.25, -0.2) is 4.79 Å². The molecule has 0 bridgehead atoms. The summed E-state index contributed by atoms with van der Waals surface area (Å²) in [5, 5.41) is 14.8. The Morgan fingerprint density at radius 1 is 1.09 bits per heavy atom. The molecule has 5 unspecified atom stereocenters. The number of hydrogen-bond acceptors (Lipinski definition) is 5. The number of rotatable bonds is 11. The van der Waals surface area contributed by atoms with Crippen LogP contribution in [0.25, 0.3) is 0 Å². The van der Waals surface area contributed by atoms with Gasteiger partial charge in [0.15, 0.2) is 0 Å². The zero-order valence-electron chi connectivity index (χ0n) is 20.5. The molecule has 34 heavy (non-hydrogen) atoms. The fourth-order valence-corrected chi connectivity index (χ4v) is 4.18. The molecule has 0 radical (unpaired) electrons. The van der Waals surface area contributed by atoms with E-state index in [2.05, 4.69) is 10.6 Å². The number of amides is 3. The van der Waals surface area contributed by atoms with Crippen molar-refractivity contribution in [3.05, 3.63) is 35.9 Å². The molecule has 0 spiro atoms. The van der Waals surface area contributed by atoms with E-state index in [1.807, 2.05) is 44.2 Å². The lowest BCUT2D eigenvalue weighted by molar-refractivity contribution is -0.144.